The Morgan fingerprint density at radius 2 is 1.90 bits per heavy atom. The minimum absolute atomic E-state index is 0.116. The summed E-state index contributed by atoms with van der Waals surface area (Å²) in [6.45, 7) is 8.46. The van der Waals surface area contributed by atoms with Crippen molar-refractivity contribution in [3.8, 4) is 0 Å². The van der Waals surface area contributed by atoms with Crippen molar-refractivity contribution in [3.05, 3.63) is 54.6 Å². The molecule has 0 saturated carbocycles. The van der Waals surface area contributed by atoms with E-state index in [1.165, 1.54) is 0 Å². The van der Waals surface area contributed by atoms with E-state index < -0.39 is 35.6 Å². The van der Waals surface area contributed by atoms with E-state index in [1.807, 2.05) is 0 Å². The van der Waals surface area contributed by atoms with Gasteiger partial charge in [0.2, 0.25) is 5.91 Å². The number of rotatable bonds is 15. The second-order valence-electron chi connectivity index (χ2n) is 10.6. The normalized spacial score (nSPS) is 28.4. The second kappa shape index (κ2) is 13.6. The number of amides is 2. The number of benzene rings is 1. The number of hydrogen-bond acceptors (Lipinski definition) is 6. The number of aliphatic hydroxyl groups excluding tert-OH is 1. The van der Waals surface area contributed by atoms with Crippen molar-refractivity contribution in [2.75, 3.05) is 31.2 Å². The van der Waals surface area contributed by atoms with Crippen LogP contribution in [-0.4, -0.2) is 76.7 Å². The first-order valence-electron chi connectivity index (χ1n) is 14.0. The fraction of sp³-hybridized carbons (Fsp3) is 0.567. The van der Waals surface area contributed by atoms with Crippen molar-refractivity contribution in [2.45, 2.75) is 67.5 Å². The number of ether oxygens (including phenoxy) is 2. The van der Waals surface area contributed by atoms with Gasteiger partial charge in [0, 0.05) is 35.2 Å². The van der Waals surface area contributed by atoms with Crippen LogP contribution >= 0.6 is 27.5 Å². The zero-order valence-electron chi connectivity index (χ0n) is 22.7. The van der Waals surface area contributed by atoms with Gasteiger partial charge in [0.15, 0.2) is 0 Å². The molecule has 3 aliphatic rings. The summed E-state index contributed by atoms with van der Waals surface area (Å²) < 4.78 is 12.2. The van der Waals surface area contributed by atoms with Crippen LogP contribution in [0.2, 0.25) is 5.02 Å². The van der Waals surface area contributed by atoms with E-state index >= 15 is 0 Å². The van der Waals surface area contributed by atoms with Gasteiger partial charge < -0.3 is 24.4 Å². The number of anilines is 1. The first-order chi connectivity index (χ1) is 19.3. The number of nitrogens with zero attached hydrogens (tertiary/aromatic N) is 2. The van der Waals surface area contributed by atoms with Gasteiger partial charge in [-0.05, 0) is 56.4 Å². The van der Waals surface area contributed by atoms with Crippen LogP contribution < -0.4 is 4.90 Å². The maximum atomic E-state index is 14.5. The third-order valence-electron chi connectivity index (χ3n) is 8.12. The molecule has 3 unspecified atom stereocenters. The Morgan fingerprint density at radius 3 is 2.58 bits per heavy atom. The summed E-state index contributed by atoms with van der Waals surface area (Å²) in [5, 5.41) is 9.69. The molecule has 3 saturated heterocycles. The number of esters is 1. The first kappa shape index (κ1) is 30.8. The lowest BCUT2D eigenvalue weighted by molar-refractivity contribution is -0.155. The molecule has 2 bridgehead atoms. The lowest BCUT2D eigenvalue weighted by Gasteiger charge is -2.37. The summed E-state index contributed by atoms with van der Waals surface area (Å²) in [5.74, 6) is -2.60. The van der Waals surface area contributed by atoms with Crippen LogP contribution in [0.5, 0.6) is 0 Å². The molecule has 4 rings (SSSR count). The molecular weight excluding hydrogens is 600 g/mol. The van der Waals surface area contributed by atoms with Crippen LogP contribution in [0.15, 0.2) is 49.6 Å². The molecule has 8 nitrogen and oxygen atoms in total. The van der Waals surface area contributed by atoms with E-state index in [1.54, 1.807) is 46.2 Å². The molecule has 218 valence electrons. The number of hydrogen-bond donors (Lipinski definition) is 1. The summed E-state index contributed by atoms with van der Waals surface area (Å²) in [5.41, 5.74) is -0.528. The molecule has 1 aromatic rings. The zero-order chi connectivity index (χ0) is 28.9. The van der Waals surface area contributed by atoms with E-state index in [4.69, 9.17) is 26.2 Å². The largest absolute Gasteiger partial charge is 0.465 e. The monoisotopic (exact) mass is 636 g/mol. The SMILES string of the molecule is C=CCCCOC(=O)[C@H]1[C@@H]2OC3(CC2Br)C(C(=O)N(CC=C)c2ccc(Cl)cc2)N(CCCCCCO)C(=O)[C@H]13. The fourth-order valence-electron chi connectivity index (χ4n) is 6.38. The van der Waals surface area contributed by atoms with Crippen molar-refractivity contribution < 1.29 is 29.0 Å². The third kappa shape index (κ3) is 5.89. The van der Waals surface area contributed by atoms with Gasteiger partial charge in [-0.3, -0.25) is 14.4 Å². The Hall–Kier alpha value is -2.20. The van der Waals surface area contributed by atoms with Gasteiger partial charge in [0.05, 0.1) is 24.5 Å². The molecule has 40 heavy (non-hydrogen) atoms. The van der Waals surface area contributed by atoms with Crippen molar-refractivity contribution in [2.24, 2.45) is 11.8 Å². The van der Waals surface area contributed by atoms with Crippen molar-refractivity contribution in [1.82, 2.24) is 4.90 Å². The summed E-state index contributed by atoms with van der Waals surface area (Å²) in [6.07, 6.45) is 7.60. The molecule has 1 aromatic carbocycles. The number of likely N-dealkylation sites (tertiary alicyclic amines) is 1. The number of halogens is 2. The van der Waals surface area contributed by atoms with Crippen molar-refractivity contribution in [1.29, 1.82) is 0 Å². The van der Waals surface area contributed by atoms with E-state index in [2.05, 4.69) is 29.1 Å². The first-order valence-corrected chi connectivity index (χ1v) is 15.3. The number of carbonyl (C=O) groups excluding carboxylic acids is 3. The standard InChI is InChI=1S/C30H38BrClN2O6/c1-3-5-10-18-39-29(38)23-24-27(36)34(16-8-6-7-9-17-35)26(30(24)19-22(31)25(23)40-30)28(37)33(15-4-2)21-13-11-20(32)12-14-21/h3-4,11-14,22-26,35H,1-2,5-10,15-19H2/t22?,23-,24+,25-,26?,30?/m1/s1. The Bertz CT molecular complexity index is 1100. The maximum Gasteiger partial charge on any atom is 0.312 e. The molecule has 0 aromatic heterocycles. The highest BCUT2D eigenvalue weighted by atomic mass is 79.9. The fourth-order valence-corrected chi connectivity index (χ4v) is 7.45. The van der Waals surface area contributed by atoms with Crippen LogP contribution in [0.3, 0.4) is 0 Å². The van der Waals surface area contributed by atoms with Crippen LogP contribution in [0.25, 0.3) is 0 Å². The smallest absolute Gasteiger partial charge is 0.312 e. The van der Waals surface area contributed by atoms with Crippen LogP contribution in [0.1, 0.15) is 44.9 Å². The quantitative estimate of drug-likeness (QED) is 0.130. The van der Waals surface area contributed by atoms with Gasteiger partial charge in [-0.2, -0.15) is 0 Å². The molecule has 3 fully saturated rings. The number of unbranched alkanes of at least 4 members (excludes halogenated alkanes) is 4. The number of alkyl halides is 1. The molecule has 1 N–H and O–H groups in total. The lowest BCUT2D eigenvalue weighted by atomic mass is 9.70. The van der Waals surface area contributed by atoms with Gasteiger partial charge in [0.25, 0.3) is 5.91 Å². The van der Waals surface area contributed by atoms with Gasteiger partial charge in [-0.15, -0.1) is 13.2 Å². The highest BCUT2D eigenvalue weighted by molar-refractivity contribution is 9.09. The zero-order valence-corrected chi connectivity index (χ0v) is 25.0. The van der Waals surface area contributed by atoms with Crippen molar-refractivity contribution in [3.63, 3.8) is 0 Å². The van der Waals surface area contributed by atoms with E-state index in [0.717, 1.165) is 19.3 Å². The van der Waals surface area contributed by atoms with Crippen molar-refractivity contribution >= 4 is 51.0 Å². The highest BCUT2D eigenvalue weighted by Gasteiger charge is 2.77. The molecule has 10 heteroatoms. The average Bonchev–Trinajstić information content (AvgIpc) is 3.53. The van der Waals surface area contributed by atoms with Gasteiger partial charge >= 0.3 is 5.97 Å². The number of fused-ring (bicyclic) bond motifs is 1. The van der Waals surface area contributed by atoms with Crippen LogP contribution in [0, 0.1) is 11.8 Å². The van der Waals surface area contributed by atoms with E-state index in [0.29, 0.717) is 42.9 Å². The lowest BCUT2D eigenvalue weighted by Crippen LogP contribution is -2.57. The predicted molar refractivity (Wildman–Crippen MR) is 157 cm³/mol. The molecular formula is C30H38BrClN2O6. The molecule has 2 amide bonds. The Balaban J connectivity index is 1.68. The molecule has 6 atom stereocenters. The number of aliphatic hydroxyl groups is 1. The van der Waals surface area contributed by atoms with Gasteiger partial charge in [-0.25, -0.2) is 0 Å². The predicted octanol–water partition coefficient (Wildman–Crippen LogP) is 4.67. The van der Waals surface area contributed by atoms with E-state index in [-0.39, 0.29) is 36.4 Å². The van der Waals surface area contributed by atoms with Gasteiger partial charge in [0.1, 0.15) is 11.6 Å². The summed E-state index contributed by atoms with van der Waals surface area (Å²) in [6, 6.07) is 6.04. The Labute approximate surface area is 249 Å². The van der Waals surface area contributed by atoms with E-state index in [9.17, 15) is 14.4 Å². The highest BCUT2D eigenvalue weighted by Crippen LogP contribution is 2.60. The van der Waals surface area contributed by atoms with Crippen LogP contribution in [0.4, 0.5) is 5.69 Å². The topological polar surface area (TPSA) is 96.4 Å². The minimum atomic E-state index is -1.16. The van der Waals surface area contributed by atoms with Gasteiger partial charge in [-0.1, -0.05) is 52.5 Å². The summed E-state index contributed by atoms with van der Waals surface area (Å²) >= 11 is 9.80. The third-order valence-corrected chi connectivity index (χ3v) is 9.21. The second-order valence-corrected chi connectivity index (χ2v) is 12.3. The number of allylic oxidation sites excluding steroid dienone is 1. The minimum Gasteiger partial charge on any atom is -0.465 e. The molecule has 3 aliphatic heterocycles. The Morgan fingerprint density at radius 1 is 1.18 bits per heavy atom. The number of carbonyl (C=O) groups is 3. The maximum absolute atomic E-state index is 14.5. The molecule has 1 spiro atoms. The molecule has 0 radical (unpaired) electrons. The summed E-state index contributed by atoms with van der Waals surface area (Å²) in [7, 11) is 0. The molecule has 0 aliphatic carbocycles. The molecule has 3 heterocycles. The average molecular weight is 638 g/mol. The van der Waals surface area contributed by atoms with Crippen LogP contribution in [-0.2, 0) is 23.9 Å². The Kier molecular flexibility index (Phi) is 10.5. The summed E-state index contributed by atoms with van der Waals surface area (Å²) in [4.78, 5) is 45.0.